The normalized spacial score (nSPS) is 18.1. The van der Waals surface area contributed by atoms with Gasteiger partial charge in [-0.05, 0) is 85.4 Å². The van der Waals surface area contributed by atoms with Crippen LogP contribution in [0.5, 0.6) is 0 Å². The van der Waals surface area contributed by atoms with Gasteiger partial charge in [0.25, 0.3) is 5.91 Å². The Labute approximate surface area is 212 Å². The number of benzene rings is 3. The Hall–Kier alpha value is -4.12. The first kappa shape index (κ1) is 25.0. The van der Waals surface area contributed by atoms with E-state index in [1.165, 1.54) is 0 Å². The molecule has 1 aliphatic rings. The number of fused-ring (bicyclic) bond motifs is 4. The van der Waals surface area contributed by atoms with Gasteiger partial charge in [0.1, 0.15) is 5.84 Å². The molecular formula is C31H31N3O2. The van der Waals surface area contributed by atoms with Crippen molar-refractivity contribution in [3.8, 4) is 0 Å². The Morgan fingerprint density at radius 1 is 0.750 bits per heavy atom. The zero-order valence-corrected chi connectivity index (χ0v) is 21.0. The van der Waals surface area contributed by atoms with E-state index in [-0.39, 0.29) is 11.7 Å². The molecule has 1 N–H and O–H groups in total. The number of hydrogen-bond acceptors (Lipinski definition) is 4. The maximum Gasteiger partial charge on any atom is 0.256 e. The van der Waals surface area contributed by atoms with Crippen LogP contribution in [0.3, 0.4) is 0 Å². The summed E-state index contributed by atoms with van der Waals surface area (Å²) in [7, 11) is 1.74. The lowest BCUT2D eigenvalue weighted by Gasteiger charge is -2.12. The highest BCUT2D eigenvalue weighted by Crippen LogP contribution is 2.20. The van der Waals surface area contributed by atoms with Crippen LogP contribution in [0.2, 0.25) is 0 Å². The molecular weight excluding hydrogens is 446 g/mol. The van der Waals surface area contributed by atoms with E-state index in [2.05, 4.69) is 28.5 Å². The van der Waals surface area contributed by atoms with Crippen LogP contribution >= 0.6 is 0 Å². The van der Waals surface area contributed by atoms with E-state index in [1.807, 2.05) is 56.3 Å². The van der Waals surface area contributed by atoms with Crippen molar-refractivity contribution in [2.24, 2.45) is 9.98 Å². The third kappa shape index (κ3) is 6.30. The number of ketones is 1. The zero-order chi connectivity index (χ0) is 25.5. The van der Waals surface area contributed by atoms with E-state index >= 15 is 0 Å². The van der Waals surface area contributed by atoms with Gasteiger partial charge in [-0.1, -0.05) is 42.5 Å². The van der Waals surface area contributed by atoms with Crippen LogP contribution in [-0.2, 0) is 17.6 Å². The maximum absolute atomic E-state index is 13.2. The highest BCUT2D eigenvalue weighted by molar-refractivity contribution is 6.12. The molecule has 0 spiro atoms. The number of allylic oxidation sites excluding steroid dienone is 2. The van der Waals surface area contributed by atoms with Gasteiger partial charge in [0.05, 0.1) is 11.4 Å². The van der Waals surface area contributed by atoms with Crippen LogP contribution in [0.4, 0.5) is 5.69 Å². The number of aryl methyl sites for hydroxylation is 4. The third-order valence-electron chi connectivity index (χ3n) is 6.37. The number of nitrogens with zero attached hydrogens (tertiary/aromatic N) is 2. The molecule has 3 aromatic rings. The summed E-state index contributed by atoms with van der Waals surface area (Å²) in [5.74, 6) is 0.437. The van der Waals surface area contributed by atoms with Gasteiger partial charge < -0.3 is 5.32 Å². The van der Waals surface area contributed by atoms with E-state index in [0.717, 1.165) is 39.2 Å². The second kappa shape index (κ2) is 11.5. The van der Waals surface area contributed by atoms with Gasteiger partial charge in [-0.3, -0.25) is 14.6 Å². The quantitative estimate of drug-likeness (QED) is 0.475. The molecule has 0 fully saturated rings. The fourth-order valence-electron chi connectivity index (χ4n) is 4.22. The van der Waals surface area contributed by atoms with Crippen molar-refractivity contribution in [3.63, 3.8) is 0 Å². The molecule has 182 valence electrons. The summed E-state index contributed by atoms with van der Waals surface area (Å²) in [5, 5.41) is 3.05. The summed E-state index contributed by atoms with van der Waals surface area (Å²) in [6.07, 6.45) is 5.58. The molecule has 1 heterocycles. The fourth-order valence-corrected chi connectivity index (χ4v) is 4.22. The van der Waals surface area contributed by atoms with Gasteiger partial charge in [0, 0.05) is 31.0 Å². The van der Waals surface area contributed by atoms with Gasteiger partial charge in [0.15, 0.2) is 5.78 Å². The van der Waals surface area contributed by atoms with Crippen LogP contribution in [-0.4, -0.2) is 30.3 Å². The molecule has 36 heavy (non-hydrogen) atoms. The maximum atomic E-state index is 13.2. The van der Waals surface area contributed by atoms with E-state index < -0.39 is 0 Å². The Kier molecular flexibility index (Phi) is 8.01. The number of carbonyl (C=O) groups is 2. The minimum atomic E-state index is -0.204. The number of hydrogen-bond donors (Lipinski definition) is 1. The average molecular weight is 478 g/mol. The lowest BCUT2D eigenvalue weighted by atomic mass is 9.97. The Balaban J connectivity index is 1.75. The molecule has 5 heteroatoms. The van der Waals surface area contributed by atoms with Crippen molar-refractivity contribution >= 4 is 28.9 Å². The molecule has 0 radical (unpaired) electrons. The SMILES string of the molecule is C/N=C1\C=C/C(=O)CCc2cccc(c2)C(=O)N/C(=N/c2ccccc2C)CCc2ccc(C)c1c2. The summed E-state index contributed by atoms with van der Waals surface area (Å²) < 4.78 is 0. The Morgan fingerprint density at radius 2 is 1.53 bits per heavy atom. The van der Waals surface area contributed by atoms with Crippen LogP contribution in [0.1, 0.15) is 51.0 Å². The number of para-hydroxylation sites is 1. The van der Waals surface area contributed by atoms with Crippen molar-refractivity contribution in [2.75, 3.05) is 7.05 Å². The van der Waals surface area contributed by atoms with Crippen LogP contribution < -0.4 is 5.32 Å². The standard InChI is InChI=1S/C31H31N3O2/c1-21-11-12-24-14-18-30(33-28-10-5-4-7-22(28)2)34-31(36)25-9-6-8-23(19-25)13-15-26(35)16-17-29(32-3)27(21)20-24/h4-12,16-17,19-20H,13-15,18H2,1-3H3,(H,33,34,36)/b17-16-,32-29+. The van der Waals surface area contributed by atoms with Gasteiger partial charge in [-0.15, -0.1) is 0 Å². The fraction of sp³-hybridized carbons (Fsp3) is 0.226. The number of amidine groups is 1. The molecule has 1 amide bonds. The van der Waals surface area contributed by atoms with Gasteiger partial charge in [0.2, 0.25) is 0 Å². The summed E-state index contributed by atoms with van der Waals surface area (Å²) in [5.41, 5.74) is 7.34. The molecule has 4 rings (SSSR count). The summed E-state index contributed by atoms with van der Waals surface area (Å²) in [6.45, 7) is 4.05. The van der Waals surface area contributed by atoms with E-state index in [4.69, 9.17) is 4.99 Å². The van der Waals surface area contributed by atoms with E-state index in [0.29, 0.717) is 37.1 Å². The number of rotatable bonds is 1. The van der Waals surface area contributed by atoms with Crippen molar-refractivity contribution < 1.29 is 9.59 Å². The lowest BCUT2D eigenvalue weighted by molar-refractivity contribution is -0.114. The molecule has 1 aliphatic heterocycles. The van der Waals surface area contributed by atoms with Crippen LogP contribution in [0.25, 0.3) is 0 Å². The third-order valence-corrected chi connectivity index (χ3v) is 6.37. The Morgan fingerprint density at radius 3 is 2.33 bits per heavy atom. The lowest BCUT2D eigenvalue weighted by Crippen LogP contribution is -2.31. The molecule has 0 saturated carbocycles. The minimum absolute atomic E-state index is 0.0248. The molecule has 0 atom stereocenters. The van der Waals surface area contributed by atoms with Crippen molar-refractivity contribution in [1.29, 1.82) is 0 Å². The highest BCUT2D eigenvalue weighted by atomic mass is 16.1. The van der Waals surface area contributed by atoms with Crippen LogP contribution in [0, 0.1) is 13.8 Å². The largest absolute Gasteiger partial charge is 0.310 e. The summed E-state index contributed by atoms with van der Waals surface area (Å²) in [4.78, 5) is 35.0. The Bertz CT molecular complexity index is 1380. The molecule has 4 bridgehead atoms. The highest BCUT2D eigenvalue weighted by Gasteiger charge is 2.13. The molecule has 5 nitrogen and oxygen atoms in total. The molecule has 0 aliphatic carbocycles. The van der Waals surface area contributed by atoms with Gasteiger partial charge in [-0.25, -0.2) is 4.99 Å². The first-order valence-electron chi connectivity index (χ1n) is 12.2. The first-order valence-corrected chi connectivity index (χ1v) is 12.2. The first-order chi connectivity index (χ1) is 17.4. The number of aliphatic imine (C=N–C) groups is 2. The van der Waals surface area contributed by atoms with Crippen LogP contribution in [0.15, 0.2) is 88.9 Å². The molecule has 3 aromatic carbocycles. The van der Waals surface area contributed by atoms with Crippen molar-refractivity contribution in [1.82, 2.24) is 5.32 Å². The molecule has 0 unspecified atom stereocenters. The molecule has 0 aromatic heterocycles. The summed E-state index contributed by atoms with van der Waals surface area (Å²) >= 11 is 0. The second-order valence-corrected chi connectivity index (χ2v) is 9.06. The van der Waals surface area contributed by atoms with Gasteiger partial charge >= 0.3 is 0 Å². The number of nitrogens with one attached hydrogen (secondary N) is 1. The predicted molar refractivity (Wildman–Crippen MR) is 147 cm³/mol. The number of carbonyl (C=O) groups excluding carboxylic acids is 2. The minimum Gasteiger partial charge on any atom is -0.310 e. The summed E-state index contributed by atoms with van der Waals surface area (Å²) in [6, 6.07) is 21.6. The van der Waals surface area contributed by atoms with Gasteiger partial charge in [-0.2, -0.15) is 0 Å². The number of amides is 1. The second-order valence-electron chi connectivity index (χ2n) is 9.06. The van der Waals surface area contributed by atoms with Crippen molar-refractivity contribution in [2.45, 2.75) is 39.5 Å². The topological polar surface area (TPSA) is 70.9 Å². The zero-order valence-electron chi connectivity index (χ0n) is 21.0. The smallest absolute Gasteiger partial charge is 0.256 e. The van der Waals surface area contributed by atoms with Crippen molar-refractivity contribution in [3.05, 3.63) is 112 Å². The molecule has 0 saturated heterocycles. The predicted octanol–water partition coefficient (Wildman–Crippen LogP) is 5.89. The van der Waals surface area contributed by atoms with E-state index in [9.17, 15) is 9.59 Å². The van der Waals surface area contributed by atoms with E-state index in [1.54, 1.807) is 25.3 Å². The average Bonchev–Trinajstić information content (AvgIpc) is 2.88. The monoisotopic (exact) mass is 477 g/mol.